The summed E-state index contributed by atoms with van der Waals surface area (Å²) in [6.45, 7) is 0. The molecule has 120 valence electrons. The van der Waals surface area contributed by atoms with Crippen LogP contribution in [0.2, 0.25) is 0 Å². The second-order valence-corrected chi connectivity index (χ2v) is 6.03. The molecule has 22 heavy (non-hydrogen) atoms. The molecule has 1 saturated carbocycles. The van der Waals surface area contributed by atoms with Crippen LogP contribution >= 0.6 is 0 Å². The standard InChI is InChI=1S/C16H22FN3O2/c1-20(2)13(11-7-3-4-8-12(11)17)14(21)19-16(15(18)22)9-5-6-10-16/h3-4,7-8,13H,5-6,9-10H2,1-2H3,(H2,18,22)(H,19,21)/t13-/m0/s1. The molecule has 0 heterocycles. The van der Waals surface area contributed by atoms with Crippen LogP contribution in [0.4, 0.5) is 4.39 Å². The SMILES string of the molecule is CN(C)[C@H](C(=O)NC1(C(N)=O)CCCC1)c1ccccc1F. The van der Waals surface area contributed by atoms with Crippen molar-refractivity contribution in [3.05, 3.63) is 35.6 Å². The highest BCUT2D eigenvalue weighted by atomic mass is 19.1. The first kappa shape index (κ1) is 16.4. The van der Waals surface area contributed by atoms with E-state index in [9.17, 15) is 14.0 Å². The summed E-state index contributed by atoms with van der Waals surface area (Å²) in [5.41, 5.74) is 4.76. The molecule has 3 N–H and O–H groups in total. The predicted octanol–water partition coefficient (Wildman–Crippen LogP) is 1.34. The molecule has 0 unspecified atom stereocenters. The van der Waals surface area contributed by atoms with Crippen molar-refractivity contribution in [3.8, 4) is 0 Å². The van der Waals surface area contributed by atoms with Crippen molar-refractivity contribution in [2.45, 2.75) is 37.3 Å². The van der Waals surface area contributed by atoms with Gasteiger partial charge in [-0.05, 0) is 33.0 Å². The van der Waals surface area contributed by atoms with E-state index in [2.05, 4.69) is 5.32 Å². The zero-order valence-corrected chi connectivity index (χ0v) is 12.9. The Morgan fingerprint density at radius 2 is 1.86 bits per heavy atom. The lowest BCUT2D eigenvalue weighted by atomic mass is 9.95. The first-order valence-corrected chi connectivity index (χ1v) is 7.40. The van der Waals surface area contributed by atoms with Crippen LogP contribution in [-0.2, 0) is 9.59 Å². The monoisotopic (exact) mass is 307 g/mol. The average Bonchev–Trinajstić information content (AvgIpc) is 2.90. The van der Waals surface area contributed by atoms with Gasteiger partial charge < -0.3 is 11.1 Å². The van der Waals surface area contributed by atoms with E-state index in [1.165, 1.54) is 6.07 Å². The average molecular weight is 307 g/mol. The van der Waals surface area contributed by atoms with Gasteiger partial charge in [0.1, 0.15) is 17.4 Å². The van der Waals surface area contributed by atoms with Gasteiger partial charge in [-0.1, -0.05) is 31.0 Å². The minimum atomic E-state index is -1.00. The smallest absolute Gasteiger partial charge is 0.243 e. The molecule has 0 aliphatic heterocycles. The summed E-state index contributed by atoms with van der Waals surface area (Å²) < 4.78 is 14.0. The molecule has 1 aliphatic carbocycles. The van der Waals surface area contributed by atoms with E-state index in [0.717, 1.165) is 12.8 Å². The van der Waals surface area contributed by atoms with E-state index >= 15 is 0 Å². The van der Waals surface area contributed by atoms with Crippen molar-refractivity contribution in [2.24, 2.45) is 5.73 Å². The molecular weight excluding hydrogens is 285 g/mol. The van der Waals surface area contributed by atoms with Gasteiger partial charge in [-0.3, -0.25) is 14.5 Å². The van der Waals surface area contributed by atoms with Crippen molar-refractivity contribution in [1.82, 2.24) is 10.2 Å². The van der Waals surface area contributed by atoms with Gasteiger partial charge in [0.25, 0.3) is 0 Å². The fourth-order valence-corrected chi connectivity index (χ4v) is 3.07. The summed E-state index contributed by atoms with van der Waals surface area (Å²) in [6.07, 6.45) is 2.75. The summed E-state index contributed by atoms with van der Waals surface area (Å²) in [6, 6.07) is 5.34. The van der Waals surface area contributed by atoms with E-state index in [-0.39, 0.29) is 5.56 Å². The fourth-order valence-electron chi connectivity index (χ4n) is 3.07. The maximum absolute atomic E-state index is 14.0. The minimum absolute atomic E-state index is 0.280. The van der Waals surface area contributed by atoms with Gasteiger partial charge in [0.05, 0.1) is 0 Å². The number of primary amides is 1. The first-order chi connectivity index (χ1) is 10.4. The van der Waals surface area contributed by atoms with Gasteiger partial charge in [0.15, 0.2) is 0 Å². The highest BCUT2D eigenvalue weighted by Gasteiger charge is 2.42. The molecule has 0 aromatic heterocycles. The molecule has 1 atom stereocenters. The maximum atomic E-state index is 14.0. The third-order valence-corrected chi connectivity index (χ3v) is 4.26. The number of nitrogens with two attached hydrogens (primary N) is 1. The number of hydrogen-bond acceptors (Lipinski definition) is 3. The number of benzene rings is 1. The summed E-state index contributed by atoms with van der Waals surface area (Å²) >= 11 is 0. The van der Waals surface area contributed by atoms with Gasteiger partial charge >= 0.3 is 0 Å². The quantitative estimate of drug-likeness (QED) is 0.862. The van der Waals surface area contributed by atoms with Crippen molar-refractivity contribution < 1.29 is 14.0 Å². The first-order valence-electron chi connectivity index (χ1n) is 7.40. The van der Waals surface area contributed by atoms with Gasteiger partial charge in [-0.2, -0.15) is 0 Å². The molecule has 1 aliphatic rings. The number of rotatable bonds is 5. The van der Waals surface area contributed by atoms with Crippen LogP contribution in [0.3, 0.4) is 0 Å². The summed E-state index contributed by atoms with van der Waals surface area (Å²) in [4.78, 5) is 26.1. The van der Waals surface area contributed by atoms with Crippen molar-refractivity contribution in [3.63, 3.8) is 0 Å². The van der Waals surface area contributed by atoms with E-state index in [0.29, 0.717) is 12.8 Å². The summed E-state index contributed by atoms with van der Waals surface area (Å²) in [5.74, 6) is -1.38. The Labute approximate surface area is 129 Å². The number of halogens is 1. The number of nitrogens with zero attached hydrogens (tertiary/aromatic N) is 1. The van der Waals surface area contributed by atoms with Crippen molar-refractivity contribution in [2.75, 3.05) is 14.1 Å². The van der Waals surface area contributed by atoms with Gasteiger partial charge in [0.2, 0.25) is 11.8 Å². The minimum Gasteiger partial charge on any atom is -0.368 e. The Hall–Kier alpha value is -1.95. The van der Waals surface area contributed by atoms with E-state index in [1.54, 1.807) is 37.2 Å². The molecule has 1 aromatic carbocycles. The molecule has 0 saturated heterocycles. The Morgan fingerprint density at radius 3 is 2.36 bits per heavy atom. The highest BCUT2D eigenvalue weighted by Crippen LogP contribution is 2.31. The zero-order valence-electron chi connectivity index (χ0n) is 12.9. The third-order valence-electron chi connectivity index (χ3n) is 4.26. The van der Waals surface area contributed by atoms with Crippen molar-refractivity contribution >= 4 is 11.8 Å². The lowest BCUT2D eigenvalue weighted by Crippen LogP contribution is -2.57. The zero-order chi connectivity index (χ0) is 16.3. The molecule has 6 heteroatoms. The molecule has 2 rings (SSSR count). The number of nitrogens with one attached hydrogen (secondary N) is 1. The summed E-state index contributed by atoms with van der Waals surface area (Å²) in [5, 5.41) is 2.78. The molecule has 5 nitrogen and oxygen atoms in total. The topological polar surface area (TPSA) is 75.4 Å². The highest BCUT2D eigenvalue weighted by molar-refractivity contribution is 5.92. The number of likely N-dealkylation sites (N-methyl/N-ethyl adjacent to an activating group) is 1. The predicted molar refractivity (Wildman–Crippen MR) is 81.4 cm³/mol. The van der Waals surface area contributed by atoms with E-state index in [4.69, 9.17) is 5.73 Å². The lowest BCUT2D eigenvalue weighted by Gasteiger charge is -2.31. The largest absolute Gasteiger partial charge is 0.368 e. The Morgan fingerprint density at radius 1 is 1.27 bits per heavy atom. The Balaban J connectivity index is 2.28. The van der Waals surface area contributed by atoms with Crippen LogP contribution < -0.4 is 11.1 Å². The second-order valence-electron chi connectivity index (χ2n) is 6.03. The second kappa shape index (κ2) is 6.44. The fraction of sp³-hybridized carbons (Fsp3) is 0.500. The van der Waals surface area contributed by atoms with Gasteiger partial charge in [-0.25, -0.2) is 4.39 Å². The number of amides is 2. The normalized spacial score (nSPS) is 18.2. The van der Waals surface area contributed by atoms with Crippen LogP contribution in [-0.4, -0.2) is 36.3 Å². The molecule has 0 bridgehead atoms. The van der Waals surface area contributed by atoms with Crippen LogP contribution in [0.15, 0.2) is 24.3 Å². The molecule has 2 amide bonds. The molecule has 1 aromatic rings. The van der Waals surface area contributed by atoms with Crippen LogP contribution in [0.25, 0.3) is 0 Å². The van der Waals surface area contributed by atoms with Gasteiger partial charge in [-0.15, -0.1) is 0 Å². The van der Waals surface area contributed by atoms with E-state index < -0.39 is 29.2 Å². The maximum Gasteiger partial charge on any atom is 0.243 e. The Kier molecular flexibility index (Phi) is 4.81. The molecule has 0 radical (unpaired) electrons. The number of hydrogen-bond donors (Lipinski definition) is 2. The van der Waals surface area contributed by atoms with E-state index in [1.807, 2.05) is 0 Å². The summed E-state index contributed by atoms with van der Waals surface area (Å²) in [7, 11) is 3.39. The lowest BCUT2D eigenvalue weighted by molar-refractivity contribution is -0.134. The van der Waals surface area contributed by atoms with Crippen LogP contribution in [0, 0.1) is 5.82 Å². The van der Waals surface area contributed by atoms with Crippen LogP contribution in [0.1, 0.15) is 37.3 Å². The third kappa shape index (κ3) is 3.11. The number of carbonyl (C=O) groups is 2. The molecular formula is C16H22FN3O2. The van der Waals surface area contributed by atoms with Gasteiger partial charge in [0, 0.05) is 5.56 Å². The molecule has 1 fully saturated rings. The van der Waals surface area contributed by atoms with Crippen molar-refractivity contribution in [1.29, 1.82) is 0 Å². The molecule has 0 spiro atoms. The Bertz CT molecular complexity index is 568. The van der Waals surface area contributed by atoms with Crippen LogP contribution in [0.5, 0.6) is 0 Å². The number of carbonyl (C=O) groups excluding carboxylic acids is 2.